The van der Waals surface area contributed by atoms with E-state index in [0.717, 1.165) is 44.7 Å². The van der Waals surface area contributed by atoms with Gasteiger partial charge in [0.25, 0.3) is 0 Å². The van der Waals surface area contributed by atoms with E-state index in [9.17, 15) is 13.2 Å². The van der Waals surface area contributed by atoms with Gasteiger partial charge in [0.15, 0.2) is 0 Å². The predicted molar refractivity (Wildman–Crippen MR) is 94.7 cm³/mol. The Kier molecular flexibility index (Phi) is 8.02. The van der Waals surface area contributed by atoms with E-state index in [1.54, 1.807) is 12.0 Å². The molecule has 0 aromatic heterocycles. The van der Waals surface area contributed by atoms with Crippen molar-refractivity contribution in [1.82, 2.24) is 9.80 Å². The number of ether oxygens (including phenoxy) is 1. The lowest BCUT2D eigenvalue weighted by Crippen LogP contribution is -2.60. The minimum atomic E-state index is -4.14. The van der Waals surface area contributed by atoms with Gasteiger partial charge in [-0.1, -0.05) is 12.8 Å². The van der Waals surface area contributed by atoms with E-state index < -0.39 is 12.2 Å². The van der Waals surface area contributed by atoms with Gasteiger partial charge in [-0.2, -0.15) is 13.2 Å². The normalized spacial score (nSPS) is 30.1. The summed E-state index contributed by atoms with van der Waals surface area (Å²) < 4.78 is 45.4. The fourth-order valence-corrected chi connectivity index (χ4v) is 4.39. The molecule has 148 valence electrons. The Morgan fingerprint density at radius 2 is 1.72 bits per heavy atom. The number of methoxy groups -OCH3 is 1. The number of halogens is 3. The smallest absolute Gasteiger partial charge is 0.381 e. The van der Waals surface area contributed by atoms with Gasteiger partial charge in [-0.15, -0.1) is 0 Å². The first-order valence-corrected chi connectivity index (χ1v) is 9.89. The summed E-state index contributed by atoms with van der Waals surface area (Å²) in [4.78, 5) is 3.61. The van der Waals surface area contributed by atoms with Crippen LogP contribution in [0.1, 0.15) is 58.8 Å². The molecule has 0 unspecified atom stereocenters. The van der Waals surface area contributed by atoms with Crippen molar-refractivity contribution in [3.63, 3.8) is 0 Å². The quantitative estimate of drug-likeness (QED) is 0.626. The zero-order valence-electron chi connectivity index (χ0n) is 16.0. The molecule has 2 aliphatic rings. The molecule has 1 saturated heterocycles. The summed E-state index contributed by atoms with van der Waals surface area (Å²) in [6.45, 7) is 5.90. The highest BCUT2D eigenvalue weighted by Gasteiger charge is 2.46. The molecule has 25 heavy (non-hydrogen) atoms. The summed E-state index contributed by atoms with van der Waals surface area (Å²) in [5.41, 5.74) is 0. The van der Waals surface area contributed by atoms with Crippen LogP contribution in [-0.2, 0) is 4.74 Å². The van der Waals surface area contributed by atoms with Crippen LogP contribution in [-0.4, -0.2) is 67.5 Å². The topological polar surface area (TPSA) is 15.7 Å². The Labute approximate surface area is 150 Å². The lowest BCUT2D eigenvalue weighted by Gasteiger charge is -2.44. The largest absolute Gasteiger partial charge is 0.405 e. The van der Waals surface area contributed by atoms with Gasteiger partial charge in [-0.05, 0) is 58.4 Å². The first-order chi connectivity index (χ1) is 11.8. The van der Waals surface area contributed by atoms with Crippen LogP contribution in [0.4, 0.5) is 13.2 Å². The van der Waals surface area contributed by atoms with Crippen molar-refractivity contribution < 1.29 is 17.9 Å². The summed E-state index contributed by atoms with van der Waals surface area (Å²) in [6.07, 6.45) is 4.45. The summed E-state index contributed by atoms with van der Waals surface area (Å²) in [5.74, 6) is 0.784. The van der Waals surface area contributed by atoms with Crippen molar-refractivity contribution in [2.24, 2.45) is 5.92 Å². The van der Waals surface area contributed by atoms with Crippen molar-refractivity contribution in [1.29, 1.82) is 0 Å². The van der Waals surface area contributed by atoms with Crippen LogP contribution < -0.4 is 0 Å². The molecule has 0 bridgehead atoms. The second-order valence-electron chi connectivity index (χ2n) is 8.06. The van der Waals surface area contributed by atoms with Gasteiger partial charge in [-0.25, -0.2) is 0 Å². The number of nitrogens with zero attached hydrogens (tertiary/aromatic N) is 2. The first kappa shape index (κ1) is 21.0. The Morgan fingerprint density at radius 3 is 2.28 bits per heavy atom. The highest BCUT2D eigenvalue weighted by molar-refractivity contribution is 4.88. The predicted octanol–water partition coefficient (Wildman–Crippen LogP) is 4.32. The molecule has 1 atom stereocenters. The van der Waals surface area contributed by atoms with Gasteiger partial charge in [0.1, 0.15) is 6.04 Å². The second kappa shape index (κ2) is 9.56. The molecule has 0 spiro atoms. The second-order valence-corrected chi connectivity index (χ2v) is 8.06. The Bertz CT molecular complexity index is 381. The molecule has 0 radical (unpaired) electrons. The lowest BCUT2D eigenvalue weighted by atomic mass is 9.84. The minimum absolute atomic E-state index is 0.0593. The van der Waals surface area contributed by atoms with Crippen molar-refractivity contribution >= 4 is 0 Å². The van der Waals surface area contributed by atoms with E-state index in [1.165, 1.54) is 19.3 Å². The molecule has 0 aromatic rings. The highest BCUT2D eigenvalue weighted by Crippen LogP contribution is 2.31. The Balaban J connectivity index is 1.68. The molecule has 1 aliphatic carbocycles. The molecule has 3 nitrogen and oxygen atoms in total. The maximum absolute atomic E-state index is 13.3. The van der Waals surface area contributed by atoms with Crippen LogP contribution in [0.3, 0.4) is 0 Å². The van der Waals surface area contributed by atoms with Crippen LogP contribution in [0.5, 0.6) is 0 Å². The molecule has 1 heterocycles. The molecule has 1 saturated carbocycles. The SMILES string of the molecule is CO[C@H]1CC[C@H](CCCCN2CCN(C(C)C)[C@H](C(F)(F)F)C2)CC1. The van der Waals surface area contributed by atoms with Gasteiger partial charge in [0.05, 0.1) is 6.10 Å². The maximum Gasteiger partial charge on any atom is 0.405 e. The fourth-order valence-electron chi connectivity index (χ4n) is 4.39. The summed E-state index contributed by atoms with van der Waals surface area (Å²) >= 11 is 0. The fraction of sp³-hybridized carbons (Fsp3) is 1.00. The van der Waals surface area contributed by atoms with Gasteiger partial charge in [0, 0.05) is 32.8 Å². The summed E-state index contributed by atoms with van der Waals surface area (Å²) in [5, 5.41) is 0. The lowest BCUT2D eigenvalue weighted by molar-refractivity contribution is -0.202. The van der Waals surface area contributed by atoms with Gasteiger partial charge >= 0.3 is 6.18 Å². The third-order valence-electron chi connectivity index (χ3n) is 6.01. The van der Waals surface area contributed by atoms with E-state index >= 15 is 0 Å². The molecule has 0 aromatic carbocycles. The van der Waals surface area contributed by atoms with Crippen LogP contribution in [0.25, 0.3) is 0 Å². The van der Waals surface area contributed by atoms with Gasteiger partial charge in [-0.3, -0.25) is 4.90 Å². The molecule has 2 fully saturated rings. The van der Waals surface area contributed by atoms with E-state index in [0.29, 0.717) is 12.6 Å². The highest BCUT2D eigenvalue weighted by atomic mass is 19.4. The third-order valence-corrected chi connectivity index (χ3v) is 6.01. The van der Waals surface area contributed by atoms with Crippen molar-refractivity contribution in [3.05, 3.63) is 0 Å². The average Bonchev–Trinajstić information content (AvgIpc) is 2.58. The average molecular weight is 364 g/mol. The van der Waals surface area contributed by atoms with Crippen LogP contribution >= 0.6 is 0 Å². The van der Waals surface area contributed by atoms with Crippen LogP contribution in [0, 0.1) is 5.92 Å². The van der Waals surface area contributed by atoms with Crippen LogP contribution in [0.2, 0.25) is 0 Å². The summed E-state index contributed by atoms with van der Waals surface area (Å²) in [6, 6.07) is -1.37. The number of hydrogen-bond acceptors (Lipinski definition) is 3. The first-order valence-electron chi connectivity index (χ1n) is 9.89. The Morgan fingerprint density at radius 1 is 1.04 bits per heavy atom. The number of unbranched alkanes of at least 4 members (excludes halogenated alkanes) is 1. The molecular formula is C19H35F3N2O. The Hall–Kier alpha value is -0.330. The molecule has 1 aliphatic heterocycles. The third kappa shape index (κ3) is 6.40. The number of hydrogen-bond donors (Lipinski definition) is 0. The van der Waals surface area contributed by atoms with Crippen LogP contribution in [0.15, 0.2) is 0 Å². The number of rotatable bonds is 7. The molecular weight excluding hydrogens is 329 g/mol. The maximum atomic E-state index is 13.3. The molecule has 0 N–H and O–H groups in total. The van der Waals surface area contributed by atoms with Crippen molar-refractivity contribution in [2.45, 2.75) is 83.2 Å². The summed E-state index contributed by atoms with van der Waals surface area (Å²) in [7, 11) is 1.79. The molecule has 2 rings (SSSR count). The molecule has 6 heteroatoms. The van der Waals surface area contributed by atoms with Crippen molar-refractivity contribution in [3.8, 4) is 0 Å². The van der Waals surface area contributed by atoms with Crippen molar-refractivity contribution in [2.75, 3.05) is 33.3 Å². The van der Waals surface area contributed by atoms with E-state index in [2.05, 4.69) is 0 Å². The van der Waals surface area contributed by atoms with E-state index in [-0.39, 0.29) is 12.6 Å². The molecule has 0 amide bonds. The van der Waals surface area contributed by atoms with Gasteiger partial charge < -0.3 is 9.64 Å². The van der Waals surface area contributed by atoms with E-state index in [1.807, 2.05) is 18.7 Å². The zero-order valence-corrected chi connectivity index (χ0v) is 16.0. The number of alkyl halides is 3. The monoisotopic (exact) mass is 364 g/mol. The van der Waals surface area contributed by atoms with Gasteiger partial charge in [0.2, 0.25) is 0 Å². The minimum Gasteiger partial charge on any atom is -0.381 e. The zero-order chi connectivity index (χ0) is 18.4. The standard InChI is InChI=1S/C19H35F3N2O/c1-15(2)24-13-12-23(14-18(24)19(20,21)22)11-5-4-6-16-7-9-17(25-3)10-8-16/h15-18H,4-14H2,1-3H3/t16-,17-,18-/m0/s1. The van der Waals surface area contributed by atoms with E-state index in [4.69, 9.17) is 4.74 Å². The number of piperazine rings is 1.